The summed E-state index contributed by atoms with van der Waals surface area (Å²) in [5.41, 5.74) is 2.11. The molecule has 1 aromatic carbocycles. The van der Waals surface area contributed by atoms with E-state index >= 15 is 0 Å². The van der Waals surface area contributed by atoms with Crippen molar-refractivity contribution in [2.45, 2.75) is 62.9 Å². The molecule has 2 N–H and O–H groups in total. The maximum absolute atomic E-state index is 10.7. The number of carbonyl (C=O) groups excluding carboxylic acids is 1. The topological polar surface area (TPSA) is 41.1 Å². The molecule has 3 nitrogen and oxygen atoms in total. The van der Waals surface area contributed by atoms with Crippen LogP contribution in [0.5, 0.6) is 0 Å². The smallest absolute Gasteiger partial charge is 0.150 e. The van der Waals surface area contributed by atoms with Crippen molar-refractivity contribution in [1.29, 1.82) is 0 Å². The van der Waals surface area contributed by atoms with Crippen LogP contribution in [-0.4, -0.2) is 32.0 Å². The van der Waals surface area contributed by atoms with E-state index in [9.17, 15) is 4.79 Å². The van der Waals surface area contributed by atoms with Crippen LogP contribution in [0, 0.1) is 5.92 Å². The summed E-state index contributed by atoms with van der Waals surface area (Å²) in [7, 11) is 2.05. The Morgan fingerprint density at radius 2 is 1.96 bits per heavy atom. The monoisotopic (exact) mass is 314 g/mol. The SMILES string of the molecule is CNC1CCCC1.O=Cc1cccc(C2CC2NCC2CC2)c1. The minimum absolute atomic E-state index is 0.638. The Morgan fingerprint density at radius 3 is 2.57 bits per heavy atom. The second kappa shape index (κ2) is 8.07. The zero-order valence-corrected chi connectivity index (χ0v) is 14.3. The van der Waals surface area contributed by atoms with Crippen molar-refractivity contribution in [2.24, 2.45) is 5.92 Å². The van der Waals surface area contributed by atoms with Crippen molar-refractivity contribution in [1.82, 2.24) is 10.6 Å². The number of rotatable bonds is 6. The van der Waals surface area contributed by atoms with Gasteiger partial charge < -0.3 is 10.6 Å². The van der Waals surface area contributed by atoms with Crippen LogP contribution in [0.4, 0.5) is 0 Å². The molecule has 0 heterocycles. The van der Waals surface area contributed by atoms with Crippen molar-refractivity contribution in [3.63, 3.8) is 0 Å². The van der Waals surface area contributed by atoms with E-state index in [1.54, 1.807) is 0 Å². The van der Waals surface area contributed by atoms with Crippen LogP contribution in [0.1, 0.15) is 66.8 Å². The maximum atomic E-state index is 10.7. The van der Waals surface area contributed by atoms with Crippen LogP contribution in [0.25, 0.3) is 0 Å². The lowest BCUT2D eigenvalue weighted by Gasteiger charge is -2.03. The van der Waals surface area contributed by atoms with Gasteiger partial charge in [0.1, 0.15) is 6.29 Å². The van der Waals surface area contributed by atoms with Gasteiger partial charge in [0.05, 0.1) is 0 Å². The molecule has 4 rings (SSSR count). The maximum Gasteiger partial charge on any atom is 0.150 e. The lowest BCUT2D eigenvalue weighted by atomic mass is 10.1. The molecule has 126 valence electrons. The zero-order chi connectivity index (χ0) is 16.1. The van der Waals surface area contributed by atoms with Gasteiger partial charge in [-0.15, -0.1) is 0 Å². The average molecular weight is 314 g/mol. The van der Waals surface area contributed by atoms with Crippen molar-refractivity contribution < 1.29 is 4.79 Å². The molecular weight excluding hydrogens is 284 g/mol. The highest BCUT2D eigenvalue weighted by Gasteiger charge is 2.38. The lowest BCUT2D eigenvalue weighted by molar-refractivity contribution is 0.112. The summed E-state index contributed by atoms with van der Waals surface area (Å²) < 4.78 is 0. The first-order chi connectivity index (χ1) is 11.3. The fourth-order valence-electron chi connectivity index (χ4n) is 3.51. The number of hydrogen-bond acceptors (Lipinski definition) is 3. The molecule has 0 bridgehead atoms. The van der Waals surface area contributed by atoms with E-state index in [2.05, 4.69) is 23.7 Å². The molecule has 3 heteroatoms. The quantitative estimate of drug-likeness (QED) is 0.790. The van der Waals surface area contributed by atoms with Crippen LogP contribution in [-0.2, 0) is 0 Å². The molecule has 2 unspecified atom stereocenters. The van der Waals surface area contributed by atoms with Crippen molar-refractivity contribution in [3.8, 4) is 0 Å². The molecule has 2 atom stereocenters. The van der Waals surface area contributed by atoms with Gasteiger partial charge in [-0.2, -0.15) is 0 Å². The Bertz CT molecular complexity index is 506. The van der Waals surface area contributed by atoms with E-state index < -0.39 is 0 Å². The molecule has 0 radical (unpaired) electrons. The molecule has 0 saturated heterocycles. The van der Waals surface area contributed by atoms with Gasteiger partial charge in [0.2, 0.25) is 0 Å². The molecule has 23 heavy (non-hydrogen) atoms. The Balaban J connectivity index is 0.000000188. The number of aldehydes is 1. The van der Waals surface area contributed by atoms with Crippen molar-refractivity contribution >= 4 is 6.29 Å². The van der Waals surface area contributed by atoms with Crippen LogP contribution in [0.2, 0.25) is 0 Å². The first-order valence-electron chi connectivity index (χ1n) is 9.26. The second-order valence-corrected chi connectivity index (χ2v) is 7.36. The lowest BCUT2D eigenvalue weighted by Crippen LogP contribution is -2.20. The molecule has 3 saturated carbocycles. The standard InChI is InChI=1S/C14H17NO.C6H13N/c16-9-11-2-1-3-12(6-11)13-7-14(13)15-8-10-4-5-10;1-7-6-4-2-3-5-6/h1-3,6,9-10,13-15H,4-5,7-8H2;6-7H,2-5H2,1H3. The third-order valence-corrected chi connectivity index (χ3v) is 5.39. The van der Waals surface area contributed by atoms with E-state index in [1.807, 2.05) is 18.2 Å². The van der Waals surface area contributed by atoms with E-state index in [0.29, 0.717) is 12.0 Å². The molecule has 3 fully saturated rings. The van der Waals surface area contributed by atoms with Gasteiger partial charge >= 0.3 is 0 Å². The van der Waals surface area contributed by atoms with Crippen LogP contribution < -0.4 is 10.6 Å². The van der Waals surface area contributed by atoms with Gasteiger partial charge in [-0.05, 0) is 63.2 Å². The minimum atomic E-state index is 0.638. The normalized spacial score (nSPS) is 26.5. The van der Waals surface area contributed by atoms with Crippen LogP contribution in [0.3, 0.4) is 0 Å². The van der Waals surface area contributed by atoms with Crippen molar-refractivity contribution in [2.75, 3.05) is 13.6 Å². The van der Waals surface area contributed by atoms with E-state index in [1.165, 1.54) is 57.1 Å². The molecule has 3 aliphatic carbocycles. The van der Waals surface area contributed by atoms with Gasteiger partial charge in [-0.1, -0.05) is 31.0 Å². The Morgan fingerprint density at radius 1 is 1.17 bits per heavy atom. The second-order valence-electron chi connectivity index (χ2n) is 7.36. The Kier molecular flexibility index (Phi) is 5.85. The fraction of sp³-hybridized carbons (Fsp3) is 0.650. The third kappa shape index (κ3) is 5.15. The van der Waals surface area contributed by atoms with Crippen LogP contribution >= 0.6 is 0 Å². The molecule has 0 aromatic heterocycles. The molecule has 1 aromatic rings. The van der Waals surface area contributed by atoms with Gasteiger partial charge in [-0.25, -0.2) is 0 Å². The highest BCUT2D eigenvalue weighted by Crippen LogP contribution is 2.41. The fourth-order valence-corrected chi connectivity index (χ4v) is 3.51. The highest BCUT2D eigenvalue weighted by molar-refractivity contribution is 5.75. The molecular formula is C20H30N2O. The number of nitrogens with one attached hydrogen (secondary N) is 2. The Labute approximate surface area is 140 Å². The number of hydrogen-bond donors (Lipinski definition) is 2. The van der Waals surface area contributed by atoms with E-state index in [0.717, 1.165) is 23.8 Å². The summed E-state index contributed by atoms with van der Waals surface area (Å²) in [5.74, 6) is 1.58. The predicted molar refractivity (Wildman–Crippen MR) is 95.0 cm³/mol. The summed E-state index contributed by atoms with van der Waals surface area (Å²) in [6.07, 6.45) is 10.6. The Hall–Kier alpha value is -1.19. The third-order valence-electron chi connectivity index (χ3n) is 5.39. The van der Waals surface area contributed by atoms with Gasteiger partial charge in [-0.3, -0.25) is 4.79 Å². The van der Waals surface area contributed by atoms with Gasteiger partial charge in [0.15, 0.2) is 0 Å². The number of carbonyl (C=O) groups is 1. The summed E-state index contributed by atoms with van der Waals surface area (Å²) in [5, 5.41) is 6.88. The minimum Gasteiger partial charge on any atom is -0.317 e. The summed E-state index contributed by atoms with van der Waals surface area (Å²) in [6.45, 7) is 1.19. The molecule has 0 spiro atoms. The molecule has 0 aliphatic heterocycles. The summed E-state index contributed by atoms with van der Waals surface area (Å²) in [4.78, 5) is 10.7. The van der Waals surface area contributed by atoms with Crippen molar-refractivity contribution in [3.05, 3.63) is 35.4 Å². The predicted octanol–water partition coefficient (Wildman–Crippen LogP) is 3.50. The van der Waals surface area contributed by atoms with Gasteiger partial charge in [0, 0.05) is 23.6 Å². The number of benzene rings is 1. The van der Waals surface area contributed by atoms with E-state index in [-0.39, 0.29) is 0 Å². The average Bonchev–Trinajstić information content (AvgIpc) is 3.51. The van der Waals surface area contributed by atoms with Gasteiger partial charge in [0.25, 0.3) is 0 Å². The first kappa shape index (κ1) is 16.7. The van der Waals surface area contributed by atoms with Crippen LogP contribution in [0.15, 0.2) is 24.3 Å². The zero-order valence-electron chi connectivity index (χ0n) is 14.3. The summed E-state index contributed by atoms with van der Waals surface area (Å²) >= 11 is 0. The molecule has 3 aliphatic rings. The summed E-state index contributed by atoms with van der Waals surface area (Å²) in [6, 6.07) is 9.51. The largest absolute Gasteiger partial charge is 0.317 e. The molecule has 0 amide bonds. The highest BCUT2D eigenvalue weighted by atomic mass is 16.1. The first-order valence-corrected chi connectivity index (χ1v) is 9.26. The van der Waals surface area contributed by atoms with E-state index in [4.69, 9.17) is 0 Å².